The highest BCUT2D eigenvalue weighted by atomic mass is 35.5. The van der Waals surface area contributed by atoms with E-state index >= 15 is 4.39 Å². The number of ether oxygens (including phenoxy) is 1. The first-order chi connectivity index (χ1) is 17.9. The fraction of sp³-hybridized carbons (Fsp3) is 0.192. The molecule has 2 unspecified atom stereocenters. The molecule has 0 aliphatic carbocycles. The van der Waals surface area contributed by atoms with Gasteiger partial charge in [-0.25, -0.2) is 18.9 Å². The van der Waals surface area contributed by atoms with Crippen LogP contribution in [0.15, 0.2) is 66.7 Å². The Labute approximate surface area is 218 Å². The summed E-state index contributed by atoms with van der Waals surface area (Å²) in [6, 6.07) is 10.7. The maximum Gasteiger partial charge on any atom is 0.416 e. The number of carboxylic acid groups (broad SMARTS) is 1. The number of alkyl halides is 4. The first kappa shape index (κ1) is 26.9. The van der Waals surface area contributed by atoms with Crippen molar-refractivity contribution in [2.75, 3.05) is 12.0 Å². The van der Waals surface area contributed by atoms with Gasteiger partial charge in [-0.15, -0.1) is 0 Å². The van der Waals surface area contributed by atoms with Crippen molar-refractivity contribution in [3.63, 3.8) is 0 Å². The Kier molecular flexibility index (Phi) is 7.07. The number of hydrogen-bond donors (Lipinski definition) is 2. The van der Waals surface area contributed by atoms with E-state index in [0.717, 1.165) is 12.1 Å². The summed E-state index contributed by atoms with van der Waals surface area (Å²) in [6.45, 7) is 0. The number of fused-ring (bicyclic) bond motifs is 1. The lowest BCUT2D eigenvalue weighted by atomic mass is 9.88. The predicted molar refractivity (Wildman–Crippen MR) is 129 cm³/mol. The molecule has 1 heterocycles. The quantitative estimate of drug-likeness (QED) is 0.404. The van der Waals surface area contributed by atoms with Crippen molar-refractivity contribution >= 4 is 35.2 Å². The van der Waals surface area contributed by atoms with Crippen LogP contribution in [-0.2, 0) is 27.9 Å². The summed E-state index contributed by atoms with van der Waals surface area (Å²) >= 11 is 6.01. The molecule has 3 amide bonds. The number of methoxy groups -OCH3 is 1. The van der Waals surface area contributed by atoms with Crippen LogP contribution in [0.2, 0.25) is 5.02 Å². The second kappa shape index (κ2) is 9.97. The summed E-state index contributed by atoms with van der Waals surface area (Å²) in [5.41, 5.74) is -5.60. The number of rotatable bonds is 6. The average molecular weight is 551 g/mol. The Morgan fingerprint density at radius 1 is 1.08 bits per heavy atom. The fourth-order valence-electron chi connectivity index (χ4n) is 4.24. The zero-order valence-electron chi connectivity index (χ0n) is 19.6. The predicted octanol–water partition coefficient (Wildman–Crippen LogP) is 5.33. The molecule has 2 N–H and O–H groups in total. The van der Waals surface area contributed by atoms with Crippen LogP contribution in [0.5, 0.6) is 5.75 Å². The summed E-state index contributed by atoms with van der Waals surface area (Å²) < 4.78 is 62.5. The third-order valence-electron chi connectivity index (χ3n) is 6.05. The smallest absolute Gasteiger partial charge is 0.416 e. The first-order valence-electron chi connectivity index (χ1n) is 11.0. The molecule has 7 nitrogen and oxygen atoms in total. The Morgan fingerprint density at radius 3 is 2.37 bits per heavy atom. The number of aliphatic carboxylic acids is 1. The largest absolute Gasteiger partial charge is 0.496 e. The summed E-state index contributed by atoms with van der Waals surface area (Å²) in [6.07, 6.45) is -5.09. The number of imide groups is 1. The number of amides is 3. The molecule has 0 fully saturated rings. The molecule has 38 heavy (non-hydrogen) atoms. The topological polar surface area (TPSA) is 95.9 Å². The lowest BCUT2D eigenvalue weighted by molar-refractivity contribution is -0.139. The van der Waals surface area contributed by atoms with Crippen molar-refractivity contribution < 1.29 is 41.8 Å². The van der Waals surface area contributed by atoms with E-state index < -0.39 is 58.2 Å². The van der Waals surface area contributed by atoms with Gasteiger partial charge < -0.3 is 15.2 Å². The highest BCUT2D eigenvalue weighted by Gasteiger charge is 2.57. The van der Waals surface area contributed by atoms with E-state index in [0.29, 0.717) is 17.7 Å². The number of carboxylic acids is 1. The second-order valence-electron chi connectivity index (χ2n) is 8.40. The highest BCUT2D eigenvalue weighted by Crippen LogP contribution is 2.51. The fourth-order valence-corrected chi connectivity index (χ4v) is 4.41. The molecule has 0 aromatic heterocycles. The van der Waals surface area contributed by atoms with Gasteiger partial charge in [-0.3, -0.25) is 4.79 Å². The van der Waals surface area contributed by atoms with Crippen LogP contribution in [-0.4, -0.2) is 36.2 Å². The van der Waals surface area contributed by atoms with Crippen LogP contribution in [0.4, 0.5) is 28.0 Å². The molecular weight excluding hydrogens is 532 g/mol. The summed E-state index contributed by atoms with van der Waals surface area (Å²) in [7, 11) is 1.19. The highest BCUT2D eigenvalue weighted by molar-refractivity contribution is 6.31. The zero-order valence-corrected chi connectivity index (χ0v) is 20.3. The lowest BCUT2D eigenvalue weighted by Gasteiger charge is -2.24. The van der Waals surface area contributed by atoms with Crippen molar-refractivity contribution in [2.45, 2.75) is 24.3 Å². The molecule has 3 aromatic carbocycles. The van der Waals surface area contributed by atoms with Crippen LogP contribution in [0.1, 0.15) is 22.3 Å². The normalized spacial score (nSPS) is 17.6. The molecule has 0 saturated carbocycles. The molecule has 4 rings (SSSR count). The number of halogens is 5. The summed E-state index contributed by atoms with van der Waals surface area (Å²) in [5, 5.41) is 11.8. The standard InChI is InChI=1S/C26H19ClF4N2O5/c1-38-21-10-8-16(27)13-18(21)25(28)17-9-7-15(26(29,30)31)12-20(17)33(23(25)36)24(37)32-19(22(34)35)11-14-5-3-2-4-6-14/h2-10,12-13,19H,11H2,1H3,(H,32,37)(H,34,35). The van der Waals surface area contributed by atoms with E-state index in [9.17, 15) is 32.7 Å². The van der Waals surface area contributed by atoms with Gasteiger partial charge in [0.05, 0.1) is 18.4 Å². The van der Waals surface area contributed by atoms with Gasteiger partial charge in [-0.2, -0.15) is 13.2 Å². The number of urea groups is 1. The molecule has 1 aliphatic rings. The number of carbonyl (C=O) groups is 3. The van der Waals surface area contributed by atoms with Gasteiger partial charge in [0, 0.05) is 22.6 Å². The summed E-state index contributed by atoms with van der Waals surface area (Å²) in [5.74, 6) is -3.18. The molecule has 0 bridgehead atoms. The van der Waals surface area contributed by atoms with Crippen molar-refractivity contribution in [3.8, 4) is 5.75 Å². The number of hydrogen-bond acceptors (Lipinski definition) is 4. The van der Waals surface area contributed by atoms with E-state index in [-0.39, 0.29) is 22.1 Å². The minimum Gasteiger partial charge on any atom is -0.496 e. The Morgan fingerprint density at radius 2 is 1.76 bits per heavy atom. The molecule has 3 aromatic rings. The number of anilines is 1. The van der Waals surface area contributed by atoms with E-state index in [1.807, 2.05) is 0 Å². The number of benzene rings is 3. The van der Waals surface area contributed by atoms with Crippen molar-refractivity contribution in [2.24, 2.45) is 0 Å². The summed E-state index contributed by atoms with van der Waals surface area (Å²) in [4.78, 5) is 38.8. The van der Waals surface area contributed by atoms with E-state index in [1.165, 1.54) is 19.2 Å². The maximum absolute atomic E-state index is 16.8. The van der Waals surface area contributed by atoms with Gasteiger partial charge in [0.15, 0.2) is 0 Å². The number of carbonyl (C=O) groups excluding carboxylic acids is 2. The van der Waals surface area contributed by atoms with Crippen LogP contribution < -0.4 is 15.0 Å². The van der Waals surface area contributed by atoms with Crippen LogP contribution in [0, 0.1) is 0 Å². The molecule has 198 valence electrons. The molecule has 1 aliphatic heterocycles. The molecule has 12 heteroatoms. The van der Waals surface area contributed by atoms with E-state index in [1.54, 1.807) is 30.3 Å². The van der Waals surface area contributed by atoms with Gasteiger partial charge in [-0.05, 0) is 35.9 Å². The van der Waals surface area contributed by atoms with Gasteiger partial charge in [0.25, 0.3) is 5.91 Å². The molecular formula is C26H19ClF4N2O5. The van der Waals surface area contributed by atoms with Crippen LogP contribution >= 0.6 is 11.6 Å². The van der Waals surface area contributed by atoms with Gasteiger partial charge in [-0.1, -0.05) is 48.0 Å². The van der Waals surface area contributed by atoms with Crippen molar-refractivity contribution in [3.05, 3.63) is 94.0 Å². The third kappa shape index (κ3) is 4.76. The Bertz CT molecular complexity index is 1420. The Hall–Kier alpha value is -4.12. The minimum absolute atomic E-state index is 0.00390. The molecule has 0 saturated heterocycles. The maximum atomic E-state index is 16.8. The zero-order chi connectivity index (χ0) is 27.8. The number of nitrogens with zero attached hydrogens (tertiary/aromatic N) is 1. The van der Waals surface area contributed by atoms with Gasteiger partial charge >= 0.3 is 18.2 Å². The van der Waals surface area contributed by atoms with Crippen LogP contribution in [0.25, 0.3) is 0 Å². The van der Waals surface area contributed by atoms with Gasteiger partial charge in [0.1, 0.15) is 11.8 Å². The minimum atomic E-state index is -4.88. The van der Waals surface area contributed by atoms with Gasteiger partial charge in [0.2, 0.25) is 5.67 Å². The van der Waals surface area contributed by atoms with E-state index in [2.05, 4.69) is 5.32 Å². The molecule has 0 radical (unpaired) electrons. The monoisotopic (exact) mass is 550 g/mol. The third-order valence-corrected chi connectivity index (χ3v) is 6.28. The first-order valence-corrected chi connectivity index (χ1v) is 11.4. The Balaban J connectivity index is 1.82. The molecule has 0 spiro atoms. The average Bonchev–Trinajstić information content (AvgIpc) is 3.10. The molecule has 2 atom stereocenters. The van der Waals surface area contributed by atoms with Crippen molar-refractivity contribution in [1.82, 2.24) is 5.32 Å². The SMILES string of the molecule is COc1ccc(Cl)cc1C1(F)C(=O)N(C(=O)NC(Cc2ccccc2)C(=O)O)c2cc(C(F)(F)F)ccc21. The van der Waals surface area contributed by atoms with Crippen LogP contribution in [0.3, 0.4) is 0 Å². The van der Waals surface area contributed by atoms with E-state index in [4.69, 9.17) is 16.3 Å². The number of nitrogens with one attached hydrogen (secondary N) is 1. The van der Waals surface area contributed by atoms with Crippen molar-refractivity contribution in [1.29, 1.82) is 0 Å². The lowest BCUT2D eigenvalue weighted by Crippen LogP contribution is -2.52. The second-order valence-corrected chi connectivity index (χ2v) is 8.84.